The Bertz CT molecular complexity index is 7750. The zero-order chi connectivity index (χ0) is 103. The number of carbonyl (C=O) groups is 5. The number of pyridine rings is 3. The molecule has 11 aliphatic rings. The average molecular weight is 1980 g/mol. The van der Waals surface area contributed by atoms with E-state index >= 15 is 17.6 Å². The van der Waals surface area contributed by atoms with Crippen LogP contribution in [0.3, 0.4) is 0 Å². The number of allylic oxidation sites excluding steroid dienone is 8. The Hall–Kier alpha value is -14.8. The van der Waals surface area contributed by atoms with Crippen LogP contribution in [-0.2, 0) is 86.9 Å². The summed E-state index contributed by atoms with van der Waals surface area (Å²) in [5.74, 6) is -0.0629. The Balaban J connectivity index is 0.000000123. The van der Waals surface area contributed by atoms with E-state index in [1.165, 1.54) is 30.5 Å². The van der Waals surface area contributed by atoms with Gasteiger partial charge in [-0.05, 0) is 192 Å². The third kappa shape index (κ3) is 17.9. The summed E-state index contributed by atoms with van der Waals surface area (Å²) >= 11 is 0. The normalized spacial score (nSPS) is 24.9. The molecule has 0 bridgehead atoms. The van der Waals surface area contributed by atoms with E-state index in [2.05, 4.69) is 61.2 Å². The second-order valence-corrected chi connectivity index (χ2v) is 44.5. The van der Waals surface area contributed by atoms with Crippen LogP contribution < -0.4 is 4.90 Å². The van der Waals surface area contributed by atoms with Crippen molar-refractivity contribution in [2.75, 3.05) is 37.3 Å². The summed E-state index contributed by atoms with van der Waals surface area (Å²) in [4.78, 5) is 135. The maximum Gasteiger partial charge on any atom is 0.226 e. The van der Waals surface area contributed by atoms with Gasteiger partial charge in [-0.3, -0.25) is 19.7 Å². The topological polar surface area (TPSA) is 285 Å². The Morgan fingerprint density at radius 1 is 0.432 bits per heavy atom. The van der Waals surface area contributed by atoms with Crippen molar-refractivity contribution >= 4 is 44.8 Å². The van der Waals surface area contributed by atoms with Gasteiger partial charge in [0.25, 0.3) is 0 Å². The number of sulfone groups is 1. The molecule has 4 aromatic carbocycles. The van der Waals surface area contributed by atoms with Crippen LogP contribution in [0, 0.1) is 95.9 Å². The van der Waals surface area contributed by atoms with E-state index in [1.807, 2.05) is 89.8 Å². The highest BCUT2D eigenvalue weighted by molar-refractivity contribution is 7.89. The van der Waals surface area contributed by atoms with Crippen molar-refractivity contribution in [3.8, 4) is 79.2 Å². The average Bonchev–Trinajstić information content (AvgIpc) is 1.58. The van der Waals surface area contributed by atoms with Gasteiger partial charge < -0.3 is 29.0 Å². The van der Waals surface area contributed by atoms with E-state index < -0.39 is 48.1 Å². The summed E-state index contributed by atoms with van der Waals surface area (Å²) in [5.41, 5.74) is 11.5. The molecule has 7 aromatic heterocycles. The third-order valence-electron chi connectivity index (χ3n) is 32.6. The van der Waals surface area contributed by atoms with Gasteiger partial charge >= 0.3 is 0 Å². The van der Waals surface area contributed by atoms with Gasteiger partial charge in [0.1, 0.15) is 23.3 Å². The lowest BCUT2D eigenvalue weighted by Gasteiger charge is -2.52. The summed E-state index contributed by atoms with van der Waals surface area (Å²) < 4.78 is 84.1. The first kappa shape index (κ1) is 99.9. The van der Waals surface area contributed by atoms with Gasteiger partial charge in [-0.2, -0.15) is 0 Å². The first-order valence-electron chi connectivity index (χ1n) is 50.1. The molecule has 3 fully saturated rings. The molecule has 11 aromatic rings. The number of nitrogens with zero attached hydrogens (tertiary/aromatic N) is 17. The minimum atomic E-state index is -3.31. The quantitative estimate of drug-likeness (QED) is 0.0722. The molecule has 29 heteroatoms. The van der Waals surface area contributed by atoms with Gasteiger partial charge in [0.2, 0.25) is 34.6 Å². The minimum Gasteiger partial charge on any atom is -0.339 e. The molecule has 146 heavy (non-hydrogen) atoms. The van der Waals surface area contributed by atoms with E-state index in [0.29, 0.717) is 162 Å². The number of hydrogen-bond donors (Lipinski definition) is 0. The molecular formula is C117H111F4N17O7S. The number of aromatic nitrogens is 11. The molecule has 1 amide bonds. The SMILES string of the molecule is [C-]#[N+]C1=C[C@@]2(C)c3nc(-c4ccnc(C5CC5)c4)nc(-c4ccccc4F)c3CC[C@@H]2C(C)(C)C1=O.[C-]#[N+]C1=C[C@@]2(C)c3nc(-c4ccnc(C5CC5)c4)nc(-c4ccccc4F)c3CC[C@@H]2[C@@](C)(CCC)C1=O.[C-]#[N+]C1=C[C@@]2(C)c3nc(-c4ccnc(CS(C)(=O)=O)c4)nc(-c4ccccc4F)c3CC[C@@H]2[C@@H](C)C1=O.[C-]#[N+]C1=C[C@@]2(C)c3nc(N4CCN(C(C)=O)CC4)nc(-c4ccccc4F)c3CC[C@@H]2[C@@H](C)C1=O. The van der Waals surface area contributed by atoms with Crippen molar-refractivity contribution < 1.29 is 50.0 Å². The van der Waals surface area contributed by atoms with Crippen molar-refractivity contribution in [1.29, 1.82) is 0 Å². The van der Waals surface area contributed by atoms with E-state index in [1.54, 1.807) is 115 Å². The smallest absolute Gasteiger partial charge is 0.226 e. The second-order valence-electron chi connectivity index (χ2n) is 42.4. The van der Waals surface area contributed by atoms with Crippen LogP contribution in [0.4, 0.5) is 23.5 Å². The summed E-state index contributed by atoms with van der Waals surface area (Å²) in [7, 11) is -3.31. The van der Waals surface area contributed by atoms with Gasteiger partial charge in [0.15, 0.2) is 50.4 Å². The number of benzene rings is 4. The van der Waals surface area contributed by atoms with Crippen molar-refractivity contribution in [2.24, 2.45) is 46.3 Å². The summed E-state index contributed by atoms with van der Waals surface area (Å²) in [6.07, 6.45) is 24.9. The van der Waals surface area contributed by atoms with Crippen LogP contribution in [-0.4, -0.2) is 130 Å². The number of Topliss-reactive ketones (excluding diaryl/α,β-unsaturated/α-hetero) is 4. The molecule has 0 spiro atoms. The molecule has 0 N–H and O–H groups in total. The molecule has 0 radical (unpaired) electrons. The van der Waals surface area contributed by atoms with E-state index in [-0.39, 0.29) is 111 Å². The number of carbonyl (C=O) groups excluding carboxylic acids is 5. The van der Waals surface area contributed by atoms with Gasteiger partial charge in [0, 0.05) is 187 Å². The highest BCUT2D eigenvalue weighted by atomic mass is 32.2. The second kappa shape index (κ2) is 38.6. The maximum atomic E-state index is 15.2. The third-order valence-corrected chi connectivity index (χ3v) is 33.5. The molecule has 22 rings (SSSR count). The van der Waals surface area contributed by atoms with Crippen molar-refractivity contribution in [3.63, 3.8) is 0 Å². The van der Waals surface area contributed by atoms with E-state index in [9.17, 15) is 32.4 Å². The van der Waals surface area contributed by atoms with E-state index in [0.717, 1.165) is 119 Å². The van der Waals surface area contributed by atoms with Crippen LogP contribution in [0.2, 0.25) is 0 Å². The number of ketones is 4. The molecule has 24 nitrogen and oxygen atoms in total. The zero-order valence-corrected chi connectivity index (χ0v) is 84.5. The summed E-state index contributed by atoms with van der Waals surface area (Å²) in [6.45, 7) is 54.4. The summed E-state index contributed by atoms with van der Waals surface area (Å²) in [6, 6.07) is 37.7. The Kier molecular flexibility index (Phi) is 26.4. The molecule has 2 saturated carbocycles. The van der Waals surface area contributed by atoms with Gasteiger partial charge in [-0.15, -0.1) is 0 Å². The molecule has 10 aliphatic carbocycles. The molecule has 1 aliphatic heterocycles. The van der Waals surface area contributed by atoms with Gasteiger partial charge in [-0.25, -0.2) is 85.2 Å². The first-order valence-corrected chi connectivity index (χ1v) is 52.2. The minimum absolute atomic E-state index is 0.00113. The molecule has 11 atom stereocenters. The number of piperazine rings is 1. The highest BCUT2D eigenvalue weighted by Gasteiger charge is 2.59. The Morgan fingerprint density at radius 2 is 0.788 bits per heavy atom. The number of fused-ring (bicyclic) bond motifs is 12. The molecule has 8 heterocycles. The maximum absolute atomic E-state index is 15.2. The van der Waals surface area contributed by atoms with Gasteiger partial charge in [-0.1, -0.05) is 148 Å². The highest BCUT2D eigenvalue weighted by Crippen LogP contribution is 2.61. The Labute approximate surface area is 847 Å². The molecular weight excluding hydrogens is 1860 g/mol. The lowest BCUT2D eigenvalue weighted by atomic mass is 9.51. The largest absolute Gasteiger partial charge is 0.339 e. The predicted molar refractivity (Wildman–Crippen MR) is 547 cm³/mol. The van der Waals surface area contributed by atoms with Crippen LogP contribution in [0.5, 0.6) is 0 Å². The number of anilines is 1. The van der Waals surface area contributed by atoms with Crippen LogP contribution in [0.15, 0.2) is 199 Å². The Morgan fingerprint density at radius 3 is 1.18 bits per heavy atom. The van der Waals surface area contributed by atoms with Gasteiger partial charge in [0.05, 0.1) is 83.3 Å². The first-order chi connectivity index (χ1) is 69.8. The monoisotopic (exact) mass is 1970 g/mol. The zero-order valence-electron chi connectivity index (χ0n) is 83.7. The van der Waals surface area contributed by atoms with Crippen LogP contribution in [0.25, 0.3) is 98.6 Å². The van der Waals surface area contributed by atoms with Crippen molar-refractivity contribution in [2.45, 2.75) is 205 Å². The standard InChI is InChI=1S/C32H31FN4O.C30H27FN4O.C28H25FN4O3S.C27H28FN5O2/c1-5-15-31(2)26-13-12-22-27(21-8-6-7-9-23(21)33)36-30(20-14-16-35-24(17-20)19-10-11-19)37-28(22)32(26,3)18-25(34-4)29(31)38;1-29(2)24-12-11-20-25(19-7-5-6-8-21(19)31)34-28(18-13-14-33-22(15-18)17-9-10-17)35-26(20)30(24,3)16-23(32-4)27(29)36;1-16-21-10-9-20-24(19-7-5-6-8-22(19)29)32-27(17-11-12-31-18(13-17)15-37(4,35)36)33-26(20)28(21,2)14-23(30-3)25(16)34;1-16-20-10-9-19-23(18-7-5-6-8-21(18)28)30-26(33-13-11-32(12-14-33)17(2)34)31-25(19)27(20,3)15-22(29-4)24(16)35/h6-9,14,16-19,26H,5,10-13,15H2,1-3H3;5-8,13-17,24H,9-12H2,1-3H3;5-8,11-14,16,21H,9-10,15H2,1-2,4H3;5-8,15-16,20H,9-14H2,1-3H3/t26-,31-,32-;24-,30-;16-,21-,28-;16-,20-,27-/m1111/s1. The molecule has 1 saturated heterocycles. The number of hydrogen-bond acceptors (Lipinski definition) is 19. The fraction of sp³-hybridized carbons (Fsp3) is 0.385. The van der Waals surface area contributed by atoms with E-state index in [4.69, 9.17) is 66.2 Å². The number of rotatable bonds is 14. The fourth-order valence-corrected chi connectivity index (χ4v) is 25.7. The van der Waals surface area contributed by atoms with Crippen molar-refractivity contribution in [1.82, 2.24) is 59.7 Å². The van der Waals surface area contributed by atoms with Crippen molar-refractivity contribution in [3.05, 3.63) is 330 Å². The number of amides is 1. The molecule has 740 valence electrons. The predicted octanol–water partition coefficient (Wildman–Crippen LogP) is 22.2. The molecule has 0 unspecified atom stereocenters. The number of halogens is 4. The fourth-order valence-electron chi connectivity index (χ4n) is 25.0. The lowest BCUT2D eigenvalue weighted by molar-refractivity contribution is -0.130. The summed E-state index contributed by atoms with van der Waals surface area (Å²) in [5, 5.41) is 0. The van der Waals surface area contributed by atoms with Crippen LogP contribution >= 0.6 is 0 Å². The lowest BCUT2D eigenvalue weighted by Crippen LogP contribution is -2.52. The van der Waals surface area contributed by atoms with Crippen LogP contribution in [0.1, 0.15) is 214 Å².